The molecule has 2 aromatic carbocycles. The quantitative estimate of drug-likeness (QED) is 0.240. The Balaban J connectivity index is 1.22. The minimum atomic E-state index is -0.498. The van der Waals surface area contributed by atoms with E-state index in [0.29, 0.717) is 35.5 Å². The van der Waals surface area contributed by atoms with Crippen molar-refractivity contribution in [1.29, 1.82) is 0 Å². The molecule has 0 atom stereocenters. The van der Waals surface area contributed by atoms with Crippen LogP contribution in [0, 0.1) is 6.92 Å². The number of pyridine rings is 1. The van der Waals surface area contributed by atoms with Gasteiger partial charge in [-0.1, -0.05) is 12.1 Å². The molecule has 0 saturated carbocycles. The van der Waals surface area contributed by atoms with Gasteiger partial charge in [0.15, 0.2) is 0 Å². The Morgan fingerprint density at radius 2 is 1.79 bits per heavy atom. The van der Waals surface area contributed by atoms with E-state index in [-0.39, 0.29) is 24.0 Å². The molecule has 4 aromatic rings. The number of aryl methyl sites for hydroxylation is 1. The lowest BCUT2D eigenvalue weighted by Gasteiger charge is -2.39. The van der Waals surface area contributed by atoms with Gasteiger partial charge in [-0.2, -0.15) is 5.10 Å². The maximum Gasteiger partial charge on any atom is 0.410 e. The third-order valence-electron chi connectivity index (χ3n) is 6.85. The number of aromatic nitrogens is 3. The summed E-state index contributed by atoms with van der Waals surface area (Å²) in [6.07, 6.45) is 5.23. The summed E-state index contributed by atoms with van der Waals surface area (Å²) in [4.78, 5) is 32.3. The SMILES string of the molecule is Cc1cc(CC(=O)Nc2cnn(C(C)(C)C)c2)ccc1Oc1ccnc2ccc(SC3CN(C(=O)OC(C)(C)C)C3)cc12. The van der Waals surface area contributed by atoms with Gasteiger partial charge in [-0.25, -0.2) is 4.79 Å². The molecule has 1 aliphatic rings. The second-order valence-corrected chi connectivity index (χ2v) is 14.3. The molecule has 2 amide bonds. The van der Waals surface area contributed by atoms with Crippen molar-refractivity contribution < 1.29 is 19.1 Å². The number of nitrogens with one attached hydrogen (secondary N) is 1. The third-order valence-corrected chi connectivity index (χ3v) is 8.01. The van der Waals surface area contributed by atoms with Crippen molar-refractivity contribution in [2.45, 2.75) is 76.2 Å². The predicted molar refractivity (Wildman–Crippen MR) is 170 cm³/mol. The van der Waals surface area contributed by atoms with Crippen LogP contribution in [0.25, 0.3) is 10.9 Å². The van der Waals surface area contributed by atoms with E-state index in [4.69, 9.17) is 9.47 Å². The van der Waals surface area contributed by atoms with Crippen molar-refractivity contribution in [3.05, 3.63) is 72.2 Å². The Morgan fingerprint density at radius 3 is 2.47 bits per heavy atom. The zero-order valence-electron chi connectivity index (χ0n) is 25.8. The number of hydrogen-bond donors (Lipinski definition) is 1. The number of thioether (sulfide) groups is 1. The first kappa shape index (κ1) is 30.4. The van der Waals surface area contributed by atoms with Gasteiger partial charge in [-0.05, 0) is 89.9 Å². The molecule has 0 bridgehead atoms. The number of carbonyl (C=O) groups is 2. The standard InChI is InChI=1S/C33H39N5O4S/c1-21-14-22(15-30(39)36-23-17-35-38(18-23)32(2,3)4)8-11-28(21)41-29-12-13-34-27-10-9-24(16-26(27)29)43-25-19-37(20-25)31(40)42-33(5,6)7/h8-14,16-18,25H,15,19-20H2,1-7H3,(H,36,39). The normalized spacial score (nSPS) is 14.0. The van der Waals surface area contributed by atoms with Crippen LogP contribution in [0.1, 0.15) is 52.7 Å². The molecule has 0 spiro atoms. The second kappa shape index (κ2) is 11.9. The van der Waals surface area contributed by atoms with Crippen LogP contribution in [-0.2, 0) is 21.5 Å². The van der Waals surface area contributed by atoms with Crippen LogP contribution in [-0.4, -0.2) is 55.6 Å². The Bertz CT molecular complexity index is 1650. The molecule has 1 aliphatic heterocycles. The van der Waals surface area contributed by atoms with E-state index in [9.17, 15) is 9.59 Å². The lowest BCUT2D eigenvalue weighted by atomic mass is 10.1. The van der Waals surface area contributed by atoms with Gasteiger partial charge in [0, 0.05) is 41.0 Å². The van der Waals surface area contributed by atoms with Gasteiger partial charge in [0.05, 0.1) is 29.4 Å². The van der Waals surface area contributed by atoms with Crippen molar-refractivity contribution in [3.8, 4) is 11.5 Å². The van der Waals surface area contributed by atoms with Crippen molar-refractivity contribution in [1.82, 2.24) is 19.7 Å². The highest BCUT2D eigenvalue weighted by molar-refractivity contribution is 8.00. The van der Waals surface area contributed by atoms with Crippen LogP contribution in [0.3, 0.4) is 0 Å². The minimum absolute atomic E-state index is 0.104. The summed E-state index contributed by atoms with van der Waals surface area (Å²) in [6, 6.07) is 13.8. The number of nitrogens with zero attached hydrogens (tertiary/aromatic N) is 4. The highest BCUT2D eigenvalue weighted by atomic mass is 32.2. The average Bonchev–Trinajstić information content (AvgIpc) is 3.35. The summed E-state index contributed by atoms with van der Waals surface area (Å²) in [6.45, 7) is 15.1. The maximum absolute atomic E-state index is 12.7. The Hall–Kier alpha value is -4.05. The summed E-state index contributed by atoms with van der Waals surface area (Å²) in [7, 11) is 0. The van der Waals surface area contributed by atoms with Crippen LogP contribution in [0.5, 0.6) is 11.5 Å². The molecule has 5 rings (SSSR count). The summed E-state index contributed by atoms with van der Waals surface area (Å²) < 4.78 is 13.7. The summed E-state index contributed by atoms with van der Waals surface area (Å²) in [5, 5.41) is 8.48. The zero-order valence-corrected chi connectivity index (χ0v) is 26.6. The second-order valence-electron chi connectivity index (χ2n) is 12.9. The molecular weight excluding hydrogens is 562 g/mol. The van der Waals surface area contributed by atoms with Crippen LogP contribution in [0.15, 0.2) is 66.0 Å². The van der Waals surface area contributed by atoms with E-state index < -0.39 is 5.60 Å². The number of likely N-dealkylation sites (tertiary alicyclic amines) is 1. The summed E-state index contributed by atoms with van der Waals surface area (Å²) in [5.41, 5.74) is 2.69. The van der Waals surface area contributed by atoms with Gasteiger partial charge in [0.1, 0.15) is 17.1 Å². The van der Waals surface area contributed by atoms with Gasteiger partial charge in [-0.3, -0.25) is 14.5 Å². The van der Waals surface area contributed by atoms with E-state index in [0.717, 1.165) is 26.9 Å². The number of rotatable bonds is 7. The van der Waals surface area contributed by atoms with E-state index in [1.165, 1.54) is 0 Å². The molecule has 0 unspecified atom stereocenters. The molecule has 9 nitrogen and oxygen atoms in total. The maximum atomic E-state index is 12.7. The van der Waals surface area contributed by atoms with E-state index in [1.807, 2.05) is 68.9 Å². The first-order valence-electron chi connectivity index (χ1n) is 14.4. The number of anilines is 1. The van der Waals surface area contributed by atoms with Crippen molar-refractivity contribution >= 4 is 40.4 Å². The first-order chi connectivity index (χ1) is 20.2. The zero-order chi connectivity index (χ0) is 30.9. The molecular formula is C33H39N5O4S. The number of benzene rings is 2. The Morgan fingerprint density at radius 1 is 1.02 bits per heavy atom. The van der Waals surface area contributed by atoms with Crippen molar-refractivity contribution in [2.75, 3.05) is 18.4 Å². The average molecular weight is 602 g/mol. The van der Waals surface area contributed by atoms with Gasteiger partial charge in [0.2, 0.25) is 5.91 Å². The van der Waals surface area contributed by atoms with Gasteiger partial charge < -0.3 is 19.7 Å². The fraction of sp³-hybridized carbons (Fsp3) is 0.394. The fourth-order valence-electron chi connectivity index (χ4n) is 4.64. The van der Waals surface area contributed by atoms with Crippen LogP contribution >= 0.6 is 11.8 Å². The molecule has 2 aromatic heterocycles. The smallest absolute Gasteiger partial charge is 0.410 e. The Kier molecular flexibility index (Phi) is 8.42. The number of ether oxygens (including phenoxy) is 2. The molecule has 10 heteroatoms. The van der Waals surface area contributed by atoms with Crippen LogP contribution < -0.4 is 10.1 Å². The predicted octanol–water partition coefficient (Wildman–Crippen LogP) is 7.18. The van der Waals surface area contributed by atoms with E-state index >= 15 is 0 Å². The third kappa shape index (κ3) is 7.67. The molecule has 226 valence electrons. The van der Waals surface area contributed by atoms with Crippen molar-refractivity contribution in [2.24, 2.45) is 0 Å². The topological polar surface area (TPSA) is 98.6 Å². The lowest BCUT2D eigenvalue weighted by molar-refractivity contribution is -0.115. The molecule has 43 heavy (non-hydrogen) atoms. The molecule has 1 fully saturated rings. The monoisotopic (exact) mass is 601 g/mol. The Labute approximate surface area is 257 Å². The van der Waals surface area contributed by atoms with Gasteiger partial charge in [0.25, 0.3) is 0 Å². The fourth-order valence-corrected chi connectivity index (χ4v) is 5.87. The van der Waals surface area contributed by atoms with Gasteiger partial charge in [-0.15, -0.1) is 11.8 Å². The number of carbonyl (C=O) groups excluding carboxylic acids is 2. The highest BCUT2D eigenvalue weighted by Crippen LogP contribution is 2.36. The van der Waals surface area contributed by atoms with E-state index in [2.05, 4.69) is 48.3 Å². The molecule has 1 N–H and O–H groups in total. The number of amides is 2. The molecule has 1 saturated heterocycles. The first-order valence-corrected chi connectivity index (χ1v) is 15.3. The largest absolute Gasteiger partial charge is 0.456 e. The number of fused-ring (bicyclic) bond motifs is 1. The van der Waals surface area contributed by atoms with Gasteiger partial charge >= 0.3 is 6.09 Å². The minimum Gasteiger partial charge on any atom is -0.456 e. The van der Waals surface area contributed by atoms with E-state index in [1.54, 1.807) is 29.1 Å². The molecule has 0 aliphatic carbocycles. The number of hydrogen-bond acceptors (Lipinski definition) is 7. The van der Waals surface area contributed by atoms with Crippen LogP contribution in [0.4, 0.5) is 10.5 Å². The highest BCUT2D eigenvalue weighted by Gasteiger charge is 2.34. The summed E-state index contributed by atoms with van der Waals surface area (Å²) >= 11 is 1.74. The van der Waals surface area contributed by atoms with Crippen LogP contribution in [0.2, 0.25) is 0 Å². The summed E-state index contributed by atoms with van der Waals surface area (Å²) in [5.74, 6) is 1.32. The molecule has 3 heterocycles. The molecule has 0 radical (unpaired) electrons. The lowest BCUT2D eigenvalue weighted by Crippen LogP contribution is -2.53. The van der Waals surface area contributed by atoms with Crippen molar-refractivity contribution in [3.63, 3.8) is 0 Å².